The zero-order valence-corrected chi connectivity index (χ0v) is 18.0. The number of anilines is 1. The molecule has 2 aromatic carbocycles. The number of aryl methyl sites for hydroxylation is 1. The minimum atomic E-state index is -0.373. The number of carbonyl (C=O) groups excluding carboxylic acids is 1. The van der Waals surface area contributed by atoms with E-state index in [1.165, 1.54) is 16.8 Å². The molecular weight excluding hydrogens is 431 g/mol. The molecule has 32 heavy (non-hydrogen) atoms. The molecule has 0 unspecified atom stereocenters. The largest absolute Gasteiger partial charge is 0.489 e. The third-order valence-electron chi connectivity index (χ3n) is 4.76. The molecule has 0 aliphatic heterocycles. The van der Waals surface area contributed by atoms with Gasteiger partial charge in [-0.3, -0.25) is 9.78 Å². The van der Waals surface area contributed by atoms with Gasteiger partial charge in [0.2, 0.25) is 0 Å². The Bertz CT molecular complexity index is 1230. The van der Waals surface area contributed by atoms with E-state index < -0.39 is 0 Å². The van der Waals surface area contributed by atoms with Crippen LogP contribution < -0.4 is 10.1 Å². The molecule has 0 bridgehead atoms. The van der Waals surface area contributed by atoms with Crippen molar-refractivity contribution in [1.82, 2.24) is 14.8 Å². The number of pyridine rings is 1. The lowest BCUT2D eigenvalue weighted by Crippen LogP contribution is -2.13. The van der Waals surface area contributed by atoms with Crippen LogP contribution in [0.15, 0.2) is 73.1 Å². The van der Waals surface area contributed by atoms with Gasteiger partial charge in [-0.15, -0.1) is 0 Å². The highest BCUT2D eigenvalue weighted by atomic mass is 35.5. The fraction of sp³-hybridized carbons (Fsp3) is 0.125. The van der Waals surface area contributed by atoms with Crippen molar-refractivity contribution in [2.24, 2.45) is 0 Å². The molecule has 2 aromatic heterocycles. The Labute approximate surface area is 189 Å². The van der Waals surface area contributed by atoms with Crippen LogP contribution in [0.2, 0.25) is 5.15 Å². The van der Waals surface area contributed by atoms with Crippen molar-refractivity contribution in [2.75, 3.05) is 5.32 Å². The first-order valence-electron chi connectivity index (χ1n) is 9.90. The van der Waals surface area contributed by atoms with Crippen LogP contribution in [0.4, 0.5) is 10.1 Å². The summed E-state index contributed by atoms with van der Waals surface area (Å²) in [4.78, 5) is 17.0. The van der Waals surface area contributed by atoms with E-state index in [1.807, 2.05) is 18.2 Å². The quantitative estimate of drug-likeness (QED) is 0.417. The highest BCUT2D eigenvalue weighted by Gasteiger charge is 2.20. The monoisotopic (exact) mass is 450 g/mol. The van der Waals surface area contributed by atoms with Gasteiger partial charge in [0.25, 0.3) is 5.91 Å². The summed E-state index contributed by atoms with van der Waals surface area (Å²) >= 11 is 6.46. The van der Waals surface area contributed by atoms with E-state index in [0.29, 0.717) is 30.3 Å². The van der Waals surface area contributed by atoms with E-state index in [4.69, 9.17) is 16.3 Å². The van der Waals surface area contributed by atoms with E-state index in [1.54, 1.807) is 49.6 Å². The van der Waals surface area contributed by atoms with E-state index in [0.717, 1.165) is 11.1 Å². The second-order valence-electron chi connectivity index (χ2n) is 7.17. The molecule has 1 N–H and O–H groups in total. The Morgan fingerprint density at radius 3 is 2.69 bits per heavy atom. The number of nitrogens with zero attached hydrogens (tertiary/aromatic N) is 3. The third kappa shape index (κ3) is 5.12. The van der Waals surface area contributed by atoms with Gasteiger partial charge in [-0.2, -0.15) is 5.10 Å². The number of benzene rings is 2. The second-order valence-corrected chi connectivity index (χ2v) is 7.53. The van der Waals surface area contributed by atoms with Crippen LogP contribution in [0, 0.1) is 12.7 Å². The maximum Gasteiger partial charge on any atom is 0.260 e. The highest BCUT2D eigenvalue weighted by molar-refractivity contribution is 6.33. The lowest BCUT2D eigenvalue weighted by molar-refractivity contribution is 0.102. The lowest BCUT2D eigenvalue weighted by Gasteiger charge is -2.09. The van der Waals surface area contributed by atoms with Gasteiger partial charge in [0, 0.05) is 29.7 Å². The minimum absolute atomic E-state index is 0.216. The van der Waals surface area contributed by atoms with E-state index >= 15 is 0 Å². The number of carbonyl (C=O) groups is 1. The molecule has 0 spiro atoms. The molecular formula is C24H20ClFN4O2. The maximum absolute atomic E-state index is 13.1. The topological polar surface area (TPSA) is 69.0 Å². The summed E-state index contributed by atoms with van der Waals surface area (Å²) in [6.07, 6.45) is 3.44. The van der Waals surface area contributed by atoms with Crippen molar-refractivity contribution in [2.45, 2.75) is 20.1 Å². The van der Waals surface area contributed by atoms with Crippen LogP contribution >= 0.6 is 11.6 Å². The standard InChI is InChI=1S/C24H20ClFN4O2/c1-16-22(23(25)30(29-16)14-17-7-9-19(26)10-8-17)24(31)28-20-5-2-6-21(12-20)32-15-18-4-3-11-27-13-18/h2-13H,14-15H2,1H3,(H,28,31). The number of amides is 1. The van der Waals surface area contributed by atoms with Crippen molar-refractivity contribution in [3.63, 3.8) is 0 Å². The van der Waals surface area contributed by atoms with E-state index in [9.17, 15) is 9.18 Å². The molecule has 0 aliphatic rings. The first-order chi connectivity index (χ1) is 15.5. The summed E-state index contributed by atoms with van der Waals surface area (Å²) < 4.78 is 20.4. The van der Waals surface area contributed by atoms with Gasteiger partial charge in [0.15, 0.2) is 0 Å². The molecule has 6 nitrogen and oxygen atoms in total. The van der Waals surface area contributed by atoms with Gasteiger partial charge in [-0.25, -0.2) is 9.07 Å². The van der Waals surface area contributed by atoms with Crippen molar-refractivity contribution in [1.29, 1.82) is 0 Å². The van der Waals surface area contributed by atoms with Gasteiger partial charge in [-0.05, 0) is 42.8 Å². The number of hydrogen-bond donors (Lipinski definition) is 1. The fourth-order valence-electron chi connectivity index (χ4n) is 3.19. The fourth-order valence-corrected chi connectivity index (χ4v) is 3.51. The Morgan fingerprint density at radius 2 is 1.94 bits per heavy atom. The van der Waals surface area contributed by atoms with Crippen LogP contribution in [-0.4, -0.2) is 20.7 Å². The zero-order chi connectivity index (χ0) is 22.5. The zero-order valence-electron chi connectivity index (χ0n) is 17.3. The maximum atomic E-state index is 13.1. The summed E-state index contributed by atoms with van der Waals surface area (Å²) in [6, 6.07) is 16.9. The molecule has 4 rings (SSSR count). The average molecular weight is 451 g/mol. The number of hydrogen-bond acceptors (Lipinski definition) is 4. The van der Waals surface area contributed by atoms with Gasteiger partial charge in [0.1, 0.15) is 23.3 Å². The molecule has 8 heteroatoms. The average Bonchev–Trinajstić information content (AvgIpc) is 3.07. The smallest absolute Gasteiger partial charge is 0.260 e. The molecule has 0 aliphatic carbocycles. The Balaban J connectivity index is 1.45. The van der Waals surface area contributed by atoms with Crippen molar-refractivity contribution >= 4 is 23.2 Å². The summed E-state index contributed by atoms with van der Waals surface area (Å²) in [7, 11) is 0. The summed E-state index contributed by atoms with van der Waals surface area (Å²) in [5, 5.41) is 7.43. The first kappa shape index (κ1) is 21.5. The van der Waals surface area contributed by atoms with Gasteiger partial charge in [-0.1, -0.05) is 35.9 Å². The summed E-state index contributed by atoms with van der Waals surface area (Å²) in [6.45, 7) is 2.41. The van der Waals surface area contributed by atoms with Crippen LogP contribution in [0.5, 0.6) is 5.75 Å². The Hall–Kier alpha value is -3.71. The van der Waals surface area contributed by atoms with Crippen LogP contribution in [0.1, 0.15) is 27.2 Å². The molecule has 0 saturated heterocycles. The third-order valence-corrected chi connectivity index (χ3v) is 5.14. The number of aromatic nitrogens is 3. The van der Waals surface area contributed by atoms with Gasteiger partial charge < -0.3 is 10.1 Å². The number of nitrogens with one attached hydrogen (secondary N) is 1. The van der Waals surface area contributed by atoms with Gasteiger partial charge in [0.05, 0.1) is 17.8 Å². The van der Waals surface area contributed by atoms with Crippen molar-refractivity contribution in [3.05, 3.63) is 106 Å². The van der Waals surface area contributed by atoms with Crippen LogP contribution in [0.25, 0.3) is 0 Å². The molecule has 4 aromatic rings. The van der Waals surface area contributed by atoms with Crippen LogP contribution in [-0.2, 0) is 13.2 Å². The number of ether oxygens (including phenoxy) is 1. The Kier molecular flexibility index (Phi) is 6.47. The summed E-state index contributed by atoms with van der Waals surface area (Å²) in [5.41, 5.74) is 3.12. The van der Waals surface area contributed by atoms with E-state index in [2.05, 4.69) is 15.4 Å². The molecule has 0 saturated carbocycles. The normalized spacial score (nSPS) is 10.7. The number of rotatable bonds is 7. The number of halogens is 2. The Morgan fingerprint density at radius 1 is 1.12 bits per heavy atom. The molecule has 162 valence electrons. The molecule has 2 heterocycles. The van der Waals surface area contributed by atoms with Crippen molar-refractivity contribution in [3.8, 4) is 5.75 Å². The van der Waals surface area contributed by atoms with Crippen LogP contribution in [0.3, 0.4) is 0 Å². The molecule has 0 radical (unpaired) electrons. The second kappa shape index (κ2) is 9.62. The highest BCUT2D eigenvalue weighted by Crippen LogP contribution is 2.24. The predicted octanol–water partition coefficient (Wildman–Crippen LogP) is 5.26. The minimum Gasteiger partial charge on any atom is -0.489 e. The predicted molar refractivity (Wildman–Crippen MR) is 120 cm³/mol. The van der Waals surface area contributed by atoms with Gasteiger partial charge >= 0.3 is 0 Å². The lowest BCUT2D eigenvalue weighted by atomic mass is 10.2. The van der Waals surface area contributed by atoms with E-state index in [-0.39, 0.29) is 22.4 Å². The SMILES string of the molecule is Cc1nn(Cc2ccc(F)cc2)c(Cl)c1C(=O)Nc1cccc(OCc2cccnc2)c1. The molecule has 0 fully saturated rings. The summed E-state index contributed by atoms with van der Waals surface area (Å²) in [5.74, 6) is -0.0769. The van der Waals surface area contributed by atoms with Crippen molar-refractivity contribution < 1.29 is 13.9 Å². The molecule has 0 atom stereocenters. The molecule has 1 amide bonds. The first-order valence-corrected chi connectivity index (χ1v) is 10.3.